The van der Waals surface area contributed by atoms with Crippen molar-refractivity contribution in [3.8, 4) is 0 Å². The Balaban J connectivity index is 1.93. The summed E-state index contributed by atoms with van der Waals surface area (Å²) in [6, 6.07) is 3.65. The van der Waals surface area contributed by atoms with Gasteiger partial charge < -0.3 is 4.90 Å². The number of amides is 1. The molecule has 6 heteroatoms. The number of nitrogen functional groups attached to an aromatic ring is 1. The standard InChI is InChI=1S/C13H21N5O/c1-17-5-2-6-18(8-7-17)10-12-4-3-11(9-15-12)13(19)16-14/h3-4,9H,2,5-8,10,14H2,1H3,(H,16,19). The van der Waals surface area contributed by atoms with E-state index < -0.39 is 0 Å². The van der Waals surface area contributed by atoms with Crippen LogP contribution < -0.4 is 11.3 Å². The molecule has 2 heterocycles. The molecule has 1 aliphatic rings. The van der Waals surface area contributed by atoms with Crippen LogP contribution in [0.2, 0.25) is 0 Å². The number of carbonyl (C=O) groups is 1. The van der Waals surface area contributed by atoms with Gasteiger partial charge in [0.1, 0.15) is 0 Å². The van der Waals surface area contributed by atoms with Crippen molar-refractivity contribution in [2.24, 2.45) is 5.84 Å². The highest BCUT2D eigenvalue weighted by molar-refractivity contribution is 5.93. The minimum absolute atomic E-state index is 0.310. The molecule has 1 amide bonds. The maximum atomic E-state index is 11.3. The molecule has 0 saturated carbocycles. The molecule has 1 aliphatic heterocycles. The molecule has 0 bridgehead atoms. The lowest BCUT2D eigenvalue weighted by atomic mass is 10.2. The van der Waals surface area contributed by atoms with Gasteiger partial charge in [-0.15, -0.1) is 0 Å². The van der Waals surface area contributed by atoms with Crippen molar-refractivity contribution in [1.29, 1.82) is 0 Å². The molecule has 1 aromatic rings. The van der Waals surface area contributed by atoms with Crippen LogP contribution in [0.1, 0.15) is 22.5 Å². The van der Waals surface area contributed by atoms with E-state index in [4.69, 9.17) is 5.84 Å². The molecule has 0 aliphatic carbocycles. The normalized spacial score (nSPS) is 18.0. The van der Waals surface area contributed by atoms with Gasteiger partial charge in [0.05, 0.1) is 11.3 Å². The summed E-state index contributed by atoms with van der Waals surface area (Å²) >= 11 is 0. The van der Waals surface area contributed by atoms with E-state index in [9.17, 15) is 4.79 Å². The van der Waals surface area contributed by atoms with E-state index in [1.54, 1.807) is 12.3 Å². The second kappa shape index (κ2) is 6.60. The molecule has 0 aromatic carbocycles. The third-order valence-corrected chi connectivity index (χ3v) is 3.42. The molecule has 104 valence electrons. The Hall–Kier alpha value is -1.50. The number of nitrogens with two attached hydrogens (primary N) is 1. The van der Waals surface area contributed by atoms with Crippen LogP contribution >= 0.6 is 0 Å². The van der Waals surface area contributed by atoms with Gasteiger partial charge in [-0.25, -0.2) is 5.84 Å². The van der Waals surface area contributed by atoms with Gasteiger partial charge in [0.25, 0.3) is 5.91 Å². The second-order valence-corrected chi connectivity index (χ2v) is 4.94. The molecule has 0 atom stereocenters. The van der Waals surface area contributed by atoms with Crippen LogP contribution in [0, 0.1) is 0 Å². The average molecular weight is 263 g/mol. The van der Waals surface area contributed by atoms with Crippen LogP contribution in [0.3, 0.4) is 0 Å². The number of hydrogen-bond donors (Lipinski definition) is 2. The zero-order valence-electron chi connectivity index (χ0n) is 11.3. The van der Waals surface area contributed by atoms with E-state index in [1.807, 2.05) is 6.07 Å². The van der Waals surface area contributed by atoms with Crippen LogP contribution in [0.5, 0.6) is 0 Å². The Morgan fingerprint density at radius 3 is 2.89 bits per heavy atom. The third kappa shape index (κ3) is 3.99. The molecule has 2 rings (SSSR count). The lowest BCUT2D eigenvalue weighted by Gasteiger charge is -2.19. The number of pyridine rings is 1. The van der Waals surface area contributed by atoms with Gasteiger partial charge in [-0.2, -0.15) is 0 Å². The Morgan fingerprint density at radius 2 is 2.21 bits per heavy atom. The predicted octanol–water partition coefficient (Wildman–Crippen LogP) is -0.177. The fraction of sp³-hybridized carbons (Fsp3) is 0.538. The second-order valence-electron chi connectivity index (χ2n) is 4.94. The Bertz CT molecular complexity index is 420. The molecular formula is C13H21N5O. The summed E-state index contributed by atoms with van der Waals surface area (Å²) < 4.78 is 0. The number of carbonyl (C=O) groups excluding carboxylic acids is 1. The summed E-state index contributed by atoms with van der Waals surface area (Å²) in [6.07, 6.45) is 2.76. The quantitative estimate of drug-likeness (QED) is 0.450. The summed E-state index contributed by atoms with van der Waals surface area (Å²) in [5.41, 5.74) is 3.57. The zero-order chi connectivity index (χ0) is 13.7. The number of hydrazine groups is 1. The summed E-state index contributed by atoms with van der Waals surface area (Å²) in [7, 11) is 2.15. The summed E-state index contributed by atoms with van der Waals surface area (Å²) in [5, 5.41) is 0. The summed E-state index contributed by atoms with van der Waals surface area (Å²) in [4.78, 5) is 20.4. The minimum Gasteiger partial charge on any atom is -0.305 e. The number of likely N-dealkylation sites (N-methyl/N-ethyl adjacent to an activating group) is 1. The molecule has 0 radical (unpaired) electrons. The van der Waals surface area contributed by atoms with Crippen LogP contribution in [0.4, 0.5) is 0 Å². The Kier molecular flexibility index (Phi) is 4.84. The zero-order valence-corrected chi connectivity index (χ0v) is 11.3. The van der Waals surface area contributed by atoms with Gasteiger partial charge in [-0.05, 0) is 38.7 Å². The molecule has 1 aromatic heterocycles. The summed E-state index contributed by atoms with van der Waals surface area (Å²) in [5.74, 6) is 4.77. The molecule has 0 unspecified atom stereocenters. The van der Waals surface area contributed by atoms with Crippen molar-refractivity contribution in [3.63, 3.8) is 0 Å². The highest BCUT2D eigenvalue weighted by Crippen LogP contribution is 2.07. The minimum atomic E-state index is -0.310. The highest BCUT2D eigenvalue weighted by Gasteiger charge is 2.13. The monoisotopic (exact) mass is 263 g/mol. The molecule has 3 N–H and O–H groups in total. The van der Waals surface area contributed by atoms with E-state index in [2.05, 4.69) is 27.3 Å². The van der Waals surface area contributed by atoms with E-state index >= 15 is 0 Å². The topological polar surface area (TPSA) is 74.5 Å². The fourth-order valence-electron chi connectivity index (χ4n) is 2.22. The number of aromatic nitrogens is 1. The first-order chi connectivity index (χ1) is 9.19. The molecule has 0 spiro atoms. The number of rotatable bonds is 3. The largest absolute Gasteiger partial charge is 0.305 e. The Labute approximate surface area is 113 Å². The van der Waals surface area contributed by atoms with E-state index in [0.29, 0.717) is 5.56 Å². The van der Waals surface area contributed by atoms with Gasteiger partial charge in [-0.1, -0.05) is 0 Å². The Morgan fingerprint density at radius 1 is 1.37 bits per heavy atom. The van der Waals surface area contributed by atoms with Crippen molar-refractivity contribution in [1.82, 2.24) is 20.2 Å². The van der Waals surface area contributed by atoms with E-state index in [0.717, 1.165) is 38.4 Å². The van der Waals surface area contributed by atoms with Crippen molar-refractivity contribution in [3.05, 3.63) is 29.6 Å². The van der Waals surface area contributed by atoms with Crippen LogP contribution in [0.15, 0.2) is 18.3 Å². The van der Waals surface area contributed by atoms with Gasteiger partial charge >= 0.3 is 0 Å². The molecule has 6 nitrogen and oxygen atoms in total. The van der Waals surface area contributed by atoms with E-state index in [1.165, 1.54) is 6.42 Å². The average Bonchev–Trinajstić information content (AvgIpc) is 2.64. The molecule has 1 saturated heterocycles. The van der Waals surface area contributed by atoms with Gasteiger partial charge in [0, 0.05) is 25.8 Å². The molecule has 19 heavy (non-hydrogen) atoms. The number of nitrogens with zero attached hydrogens (tertiary/aromatic N) is 3. The highest BCUT2D eigenvalue weighted by atomic mass is 16.2. The third-order valence-electron chi connectivity index (χ3n) is 3.42. The first-order valence-corrected chi connectivity index (χ1v) is 6.56. The first-order valence-electron chi connectivity index (χ1n) is 6.56. The van der Waals surface area contributed by atoms with Crippen molar-refractivity contribution in [2.75, 3.05) is 33.2 Å². The number of hydrogen-bond acceptors (Lipinski definition) is 5. The lowest BCUT2D eigenvalue weighted by molar-refractivity contribution is 0.0953. The fourth-order valence-corrected chi connectivity index (χ4v) is 2.22. The van der Waals surface area contributed by atoms with Crippen LogP contribution in [0.25, 0.3) is 0 Å². The van der Waals surface area contributed by atoms with Gasteiger partial charge in [-0.3, -0.25) is 20.1 Å². The maximum absolute atomic E-state index is 11.3. The molecule has 1 fully saturated rings. The van der Waals surface area contributed by atoms with Crippen molar-refractivity contribution < 1.29 is 4.79 Å². The number of nitrogens with one attached hydrogen (secondary N) is 1. The smallest absolute Gasteiger partial charge is 0.266 e. The maximum Gasteiger partial charge on any atom is 0.266 e. The van der Waals surface area contributed by atoms with Gasteiger partial charge in [0.15, 0.2) is 0 Å². The van der Waals surface area contributed by atoms with Crippen LogP contribution in [-0.4, -0.2) is 53.9 Å². The van der Waals surface area contributed by atoms with E-state index in [-0.39, 0.29) is 5.91 Å². The molecular weight excluding hydrogens is 242 g/mol. The summed E-state index contributed by atoms with van der Waals surface area (Å²) in [6.45, 7) is 5.23. The van der Waals surface area contributed by atoms with Crippen LogP contribution in [-0.2, 0) is 6.54 Å². The van der Waals surface area contributed by atoms with Crippen molar-refractivity contribution >= 4 is 5.91 Å². The predicted molar refractivity (Wildman–Crippen MR) is 73.3 cm³/mol. The SMILES string of the molecule is CN1CCCN(Cc2ccc(C(=O)NN)cn2)CC1. The van der Waals surface area contributed by atoms with Crippen molar-refractivity contribution in [2.45, 2.75) is 13.0 Å². The lowest BCUT2D eigenvalue weighted by Crippen LogP contribution is -2.30. The first kappa shape index (κ1) is 13.9. The van der Waals surface area contributed by atoms with Gasteiger partial charge in [0.2, 0.25) is 0 Å².